The lowest BCUT2D eigenvalue weighted by Crippen LogP contribution is -2.46. The van der Waals surface area contributed by atoms with Crippen LogP contribution in [-0.4, -0.2) is 45.8 Å². The van der Waals surface area contributed by atoms with Crippen LogP contribution in [0.5, 0.6) is 0 Å². The predicted octanol–water partition coefficient (Wildman–Crippen LogP) is 1.67. The molecule has 2 atom stereocenters. The van der Waals surface area contributed by atoms with E-state index in [0.29, 0.717) is 18.5 Å². The first-order chi connectivity index (χ1) is 11.2. The Balaban J connectivity index is 1.47. The van der Waals surface area contributed by atoms with Crippen molar-refractivity contribution in [2.75, 3.05) is 19.6 Å². The first-order valence-electron chi connectivity index (χ1n) is 8.18. The zero-order valence-corrected chi connectivity index (χ0v) is 13.5. The Kier molecular flexibility index (Phi) is 5.38. The summed E-state index contributed by atoms with van der Waals surface area (Å²) in [5.74, 6) is 1.35. The van der Waals surface area contributed by atoms with Crippen LogP contribution < -0.4 is 5.32 Å². The van der Waals surface area contributed by atoms with Crippen molar-refractivity contribution in [3.8, 4) is 0 Å². The molecule has 0 amide bonds. The van der Waals surface area contributed by atoms with Crippen LogP contribution in [0.2, 0.25) is 0 Å². The van der Waals surface area contributed by atoms with Crippen molar-refractivity contribution in [2.24, 2.45) is 0 Å². The minimum Gasteiger partial charge on any atom is -0.387 e. The van der Waals surface area contributed by atoms with Gasteiger partial charge in [0.1, 0.15) is 0 Å². The van der Waals surface area contributed by atoms with Crippen molar-refractivity contribution < 1.29 is 9.63 Å². The molecule has 1 aliphatic heterocycles. The SMILES string of the molecule is Cc1nc(CN2CCC[C@H](NC[C@H](O)c3ccccc3)C2)no1. The summed E-state index contributed by atoms with van der Waals surface area (Å²) in [6.45, 7) is 5.09. The van der Waals surface area contributed by atoms with Crippen LogP contribution in [0.15, 0.2) is 34.9 Å². The lowest BCUT2D eigenvalue weighted by atomic mass is 10.0. The van der Waals surface area contributed by atoms with Crippen LogP contribution in [0.25, 0.3) is 0 Å². The highest BCUT2D eigenvalue weighted by atomic mass is 16.5. The molecule has 2 heterocycles. The second-order valence-electron chi connectivity index (χ2n) is 6.14. The normalized spacial score (nSPS) is 20.5. The average molecular weight is 316 g/mol. The summed E-state index contributed by atoms with van der Waals surface area (Å²) >= 11 is 0. The molecule has 3 rings (SSSR count). The van der Waals surface area contributed by atoms with Gasteiger partial charge >= 0.3 is 0 Å². The Morgan fingerprint density at radius 3 is 2.96 bits per heavy atom. The van der Waals surface area contributed by atoms with E-state index in [4.69, 9.17) is 4.52 Å². The fourth-order valence-electron chi connectivity index (χ4n) is 3.04. The number of nitrogens with one attached hydrogen (secondary N) is 1. The van der Waals surface area contributed by atoms with Gasteiger partial charge in [-0.1, -0.05) is 35.5 Å². The highest BCUT2D eigenvalue weighted by Gasteiger charge is 2.21. The summed E-state index contributed by atoms with van der Waals surface area (Å²) < 4.78 is 5.02. The van der Waals surface area contributed by atoms with E-state index < -0.39 is 6.10 Å². The largest absolute Gasteiger partial charge is 0.387 e. The Morgan fingerprint density at radius 1 is 1.39 bits per heavy atom. The zero-order valence-electron chi connectivity index (χ0n) is 13.5. The van der Waals surface area contributed by atoms with Gasteiger partial charge in [-0.2, -0.15) is 4.98 Å². The first kappa shape index (κ1) is 16.1. The lowest BCUT2D eigenvalue weighted by molar-refractivity contribution is 0.142. The van der Waals surface area contributed by atoms with Crippen molar-refractivity contribution >= 4 is 0 Å². The average Bonchev–Trinajstić information content (AvgIpc) is 2.99. The molecule has 6 nitrogen and oxygen atoms in total. The molecule has 0 bridgehead atoms. The number of aliphatic hydroxyl groups is 1. The van der Waals surface area contributed by atoms with E-state index in [1.807, 2.05) is 37.3 Å². The van der Waals surface area contributed by atoms with Gasteiger partial charge in [0.2, 0.25) is 5.89 Å². The molecule has 23 heavy (non-hydrogen) atoms. The molecule has 0 saturated carbocycles. The Hall–Kier alpha value is -1.76. The van der Waals surface area contributed by atoms with Crippen LogP contribution in [-0.2, 0) is 6.54 Å². The fourth-order valence-corrected chi connectivity index (χ4v) is 3.04. The molecule has 0 unspecified atom stereocenters. The van der Waals surface area contributed by atoms with E-state index in [1.54, 1.807) is 0 Å². The van der Waals surface area contributed by atoms with Gasteiger partial charge in [0.25, 0.3) is 0 Å². The molecular weight excluding hydrogens is 292 g/mol. The number of hydrogen-bond acceptors (Lipinski definition) is 6. The van der Waals surface area contributed by atoms with Crippen LogP contribution in [0.4, 0.5) is 0 Å². The number of hydrogen-bond donors (Lipinski definition) is 2. The molecule has 2 N–H and O–H groups in total. The minimum absolute atomic E-state index is 0.384. The fraction of sp³-hybridized carbons (Fsp3) is 0.529. The van der Waals surface area contributed by atoms with Gasteiger partial charge in [0, 0.05) is 26.1 Å². The molecule has 6 heteroatoms. The van der Waals surface area contributed by atoms with Crippen LogP contribution in [0.3, 0.4) is 0 Å². The molecule has 1 fully saturated rings. The van der Waals surface area contributed by atoms with Crippen LogP contribution in [0.1, 0.15) is 36.2 Å². The van der Waals surface area contributed by atoms with Gasteiger partial charge in [-0.3, -0.25) is 4.90 Å². The third-order valence-electron chi connectivity index (χ3n) is 4.22. The second-order valence-corrected chi connectivity index (χ2v) is 6.14. The summed E-state index contributed by atoms with van der Waals surface area (Å²) in [6.07, 6.45) is 1.80. The molecular formula is C17H24N4O2. The molecule has 0 radical (unpaired) electrons. The van der Waals surface area contributed by atoms with Gasteiger partial charge in [0.15, 0.2) is 5.82 Å². The maximum absolute atomic E-state index is 10.2. The van der Waals surface area contributed by atoms with Crippen molar-refractivity contribution in [3.63, 3.8) is 0 Å². The van der Waals surface area contributed by atoms with Crippen molar-refractivity contribution in [3.05, 3.63) is 47.6 Å². The van der Waals surface area contributed by atoms with Crippen molar-refractivity contribution in [1.82, 2.24) is 20.4 Å². The number of aryl methyl sites for hydroxylation is 1. The Morgan fingerprint density at radius 2 is 2.22 bits per heavy atom. The topological polar surface area (TPSA) is 74.4 Å². The number of rotatable bonds is 6. The highest BCUT2D eigenvalue weighted by Crippen LogP contribution is 2.15. The third kappa shape index (κ3) is 4.60. The van der Waals surface area contributed by atoms with E-state index in [2.05, 4.69) is 20.4 Å². The molecule has 1 saturated heterocycles. The number of aliphatic hydroxyl groups excluding tert-OH is 1. The van der Waals surface area contributed by atoms with Gasteiger partial charge in [-0.25, -0.2) is 0 Å². The van der Waals surface area contributed by atoms with E-state index in [0.717, 1.165) is 43.9 Å². The van der Waals surface area contributed by atoms with Crippen molar-refractivity contribution in [1.29, 1.82) is 0 Å². The Bertz CT molecular complexity index is 602. The highest BCUT2D eigenvalue weighted by molar-refractivity contribution is 5.17. The zero-order chi connectivity index (χ0) is 16.1. The van der Waals surface area contributed by atoms with Gasteiger partial charge < -0.3 is 14.9 Å². The third-order valence-corrected chi connectivity index (χ3v) is 4.22. The maximum Gasteiger partial charge on any atom is 0.223 e. The number of aromatic nitrogens is 2. The number of benzene rings is 1. The molecule has 1 aromatic heterocycles. The monoisotopic (exact) mass is 316 g/mol. The summed E-state index contributed by atoms with van der Waals surface area (Å²) in [6, 6.07) is 10.2. The predicted molar refractivity (Wildman–Crippen MR) is 86.7 cm³/mol. The smallest absolute Gasteiger partial charge is 0.223 e. The first-order valence-corrected chi connectivity index (χ1v) is 8.18. The van der Waals surface area contributed by atoms with E-state index in [1.165, 1.54) is 0 Å². The molecule has 0 aliphatic carbocycles. The summed E-state index contributed by atoms with van der Waals surface area (Å²) in [4.78, 5) is 6.60. The number of nitrogens with zero attached hydrogens (tertiary/aromatic N) is 3. The van der Waals surface area contributed by atoms with Crippen LogP contribution in [0, 0.1) is 6.92 Å². The molecule has 124 valence electrons. The van der Waals surface area contributed by atoms with Gasteiger partial charge in [-0.05, 0) is 24.9 Å². The standard InChI is InChI=1S/C17H24N4O2/c1-13-19-17(20-23-13)12-21-9-5-8-15(11-21)18-10-16(22)14-6-3-2-4-7-14/h2-4,6-7,15-16,18,22H,5,8-12H2,1H3/t15-,16-/m0/s1. The van der Waals surface area contributed by atoms with Crippen molar-refractivity contribution in [2.45, 2.75) is 38.5 Å². The molecule has 0 spiro atoms. The lowest BCUT2D eigenvalue weighted by Gasteiger charge is -2.33. The van der Waals surface area contributed by atoms with E-state index in [-0.39, 0.29) is 0 Å². The Labute approximate surface area is 136 Å². The molecule has 1 aromatic carbocycles. The summed E-state index contributed by atoms with van der Waals surface area (Å²) in [7, 11) is 0. The molecule has 2 aromatic rings. The number of piperidine rings is 1. The van der Waals surface area contributed by atoms with Gasteiger partial charge in [-0.15, -0.1) is 0 Å². The van der Waals surface area contributed by atoms with E-state index in [9.17, 15) is 5.11 Å². The summed E-state index contributed by atoms with van der Waals surface area (Å²) in [5, 5.41) is 17.7. The minimum atomic E-state index is -0.466. The van der Waals surface area contributed by atoms with Crippen LogP contribution >= 0.6 is 0 Å². The molecule has 1 aliphatic rings. The quantitative estimate of drug-likeness (QED) is 0.844. The van der Waals surface area contributed by atoms with E-state index >= 15 is 0 Å². The van der Waals surface area contributed by atoms with Gasteiger partial charge in [0.05, 0.1) is 12.6 Å². The summed E-state index contributed by atoms with van der Waals surface area (Å²) in [5.41, 5.74) is 0.954. The number of likely N-dealkylation sites (tertiary alicyclic amines) is 1. The second kappa shape index (κ2) is 7.68. The maximum atomic E-state index is 10.2.